The van der Waals surface area contributed by atoms with E-state index in [-0.39, 0.29) is 23.8 Å². The molecule has 0 fully saturated rings. The number of halogens is 1. The summed E-state index contributed by atoms with van der Waals surface area (Å²) in [5.74, 6) is -1.02. The van der Waals surface area contributed by atoms with Gasteiger partial charge in [-0.25, -0.2) is 4.79 Å². The van der Waals surface area contributed by atoms with Gasteiger partial charge in [0.1, 0.15) is 0 Å². The van der Waals surface area contributed by atoms with Gasteiger partial charge in [-0.15, -0.1) is 11.6 Å². The van der Waals surface area contributed by atoms with Gasteiger partial charge in [0.15, 0.2) is 12.4 Å². The van der Waals surface area contributed by atoms with Crippen LogP contribution < -0.4 is 0 Å². The van der Waals surface area contributed by atoms with E-state index in [9.17, 15) is 9.59 Å². The van der Waals surface area contributed by atoms with Crippen LogP contribution >= 0.6 is 11.6 Å². The maximum absolute atomic E-state index is 10.6. The number of ketones is 1. The molecule has 0 aromatic carbocycles. The summed E-state index contributed by atoms with van der Waals surface area (Å²) >= 11 is 5.15. The summed E-state index contributed by atoms with van der Waals surface area (Å²) in [5.41, 5.74) is 0.271. The van der Waals surface area contributed by atoms with Crippen molar-refractivity contribution < 1.29 is 14.3 Å². The number of alkyl halides is 1. The third-order valence-electron chi connectivity index (χ3n) is 0.862. The number of carbonyl (C=O) groups is 2. The molecule has 0 aromatic rings. The van der Waals surface area contributed by atoms with Gasteiger partial charge >= 0.3 is 5.97 Å². The smallest absolute Gasteiger partial charge is 0.333 e. The Labute approximate surface area is 70.0 Å². The Kier molecular flexibility index (Phi) is 4.54. The van der Waals surface area contributed by atoms with E-state index < -0.39 is 5.97 Å². The van der Waals surface area contributed by atoms with Gasteiger partial charge in [0.25, 0.3) is 0 Å². The molecule has 11 heavy (non-hydrogen) atoms. The molecule has 4 heteroatoms. The van der Waals surface area contributed by atoms with Gasteiger partial charge in [-0.05, 0) is 6.92 Å². The van der Waals surface area contributed by atoms with Gasteiger partial charge in [0.2, 0.25) is 0 Å². The fourth-order valence-electron chi connectivity index (χ4n) is 0.308. The molecule has 0 spiro atoms. The molecule has 0 atom stereocenters. The Bertz CT molecular complexity index is 186. The maximum Gasteiger partial charge on any atom is 0.333 e. The third kappa shape index (κ3) is 4.56. The first-order chi connectivity index (χ1) is 5.07. The fourth-order valence-corrected chi connectivity index (χ4v) is 0.385. The van der Waals surface area contributed by atoms with Gasteiger partial charge in [-0.1, -0.05) is 6.58 Å². The summed E-state index contributed by atoms with van der Waals surface area (Å²) in [6, 6.07) is 0. The molecule has 3 nitrogen and oxygen atoms in total. The lowest BCUT2D eigenvalue weighted by atomic mass is 10.4. The molecule has 0 bridgehead atoms. The first-order valence-corrected chi connectivity index (χ1v) is 3.51. The van der Waals surface area contributed by atoms with Crippen molar-refractivity contribution in [1.29, 1.82) is 0 Å². The predicted octanol–water partition coefficient (Wildman–Crippen LogP) is 0.914. The van der Waals surface area contributed by atoms with E-state index in [1.165, 1.54) is 6.92 Å². The zero-order valence-electron chi connectivity index (χ0n) is 6.22. The summed E-state index contributed by atoms with van der Waals surface area (Å²) in [7, 11) is 0. The van der Waals surface area contributed by atoms with Gasteiger partial charge in [-0.2, -0.15) is 0 Å². The van der Waals surface area contributed by atoms with Crippen molar-refractivity contribution in [2.45, 2.75) is 6.92 Å². The molecular weight excluding hydrogens is 168 g/mol. The average Bonchev–Trinajstić information content (AvgIpc) is 1.99. The van der Waals surface area contributed by atoms with E-state index in [1.807, 2.05) is 0 Å². The van der Waals surface area contributed by atoms with Crippen LogP contribution in [0.4, 0.5) is 0 Å². The molecule has 0 N–H and O–H groups in total. The molecule has 0 aliphatic heterocycles. The van der Waals surface area contributed by atoms with E-state index in [2.05, 4.69) is 11.3 Å². The lowest BCUT2D eigenvalue weighted by Gasteiger charge is -2.00. The number of hydrogen-bond donors (Lipinski definition) is 0. The number of rotatable bonds is 4. The first kappa shape index (κ1) is 10.2. The molecule has 62 valence electrons. The van der Waals surface area contributed by atoms with Crippen LogP contribution in [0.15, 0.2) is 12.2 Å². The Morgan fingerprint density at radius 1 is 1.55 bits per heavy atom. The third-order valence-corrected chi connectivity index (χ3v) is 1.16. The highest BCUT2D eigenvalue weighted by Gasteiger charge is 2.05. The minimum atomic E-state index is -0.566. The van der Waals surface area contributed by atoms with Gasteiger partial charge in [0.05, 0.1) is 5.88 Å². The number of esters is 1. The van der Waals surface area contributed by atoms with Crippen LogP contribution in [0.1, 0.15) is 6.92 Å². The Morgan fingerprint density at radius 2 is 2.09 bits per heavy atom. The first-order valence-electron chi connectivity index (χ1n) is 2.98. The van der Waals surface area contributed by atoms with Crippen LogP contribution in [0.5, 0.6) is 0 Å². The Morgan fingerprint density at radius 3 is 2.45 bits per heavy atom. The topological polar surface area (TPSA) is 43.4 Å². The second-order valence-electron chi connectivity index (χ2n) is 2.03. The maximum atomic E-state index is 10.6. The van der Waals surface area contributed by atoms with Crippen LogP contribution in [-0.2, 0) is 14.3 Å². The predicted molar refractivity (Wildman–Crippen MR) is 41.5 cm³/mol. The molecule has 0 rings (SSSR count). The molecule has 0 heterocycles. The summed E-state index contributed by atoms with van der Waals surface area (Å²) in [5, 5.41) is 0. The fraction of sp³-hybridized carbons (Fsp3) is 0.429. The van der Waals surface area contributed by atoms with Crippen LogP contribution in [0.3, 0.4) is 0 Å². The van der Waals surface area contributed by atoms with E-state index in [4.69, 9.17) is 11.6 Å². The summed E-state index contributed by atoms with van der Waals surface area (Å²) in [4.78, 5) is 21.1. The van der Waals surface area contributed by atoms with Crippen LogP contribution in [-0.4, -0.2) is 24.2 Å². The van der Waals surface area contributed by atoms with Gasteiger partial charge in [-0.3, -0.25) is 4.79 Å². The summed E-state index contributed by atoms with van der Waals surface area (Å²) in [6.45, 7) is 4.58. The second-order valence-corrected chi connectivity index (χ2v) is 2.30. The van der Waals surface area contributed by atoms with Crippen molar-refractivity contribution in [3.63, 3.8) is 0 Å². The van der Waals surface area contributed by atoms with Gasteiger partial charge in [0, 0.05) is 5.57 Å². The molecule has 0 aromatic heterocycles. The number of carbonyl (C=O) groups excluding carboxylic acids is 2. The molecule has 0 saturated heterocycles. The molecule has 0 radical (unpaired) electrons. The van der Waals surface area contributed by atoms with E-state index in [0.717, 1.165) is 0 Å². The highest BCUT2D eigenvalue weighted by Crippen LogP contribution is 1.92. The molecule has 0 aliphatic rings. The van der Waals surface area contributed by atoms with Crippen molar-refractivity contribution in [2.75, 3.05) is 12.5 Å². The van der Waals surface area contributed by atoms with E-state index in [0.29, 0.717) is 0 Å². The zero-order valence-corrected chi connectivity index (χ0v) is 6.98. The molecule has 0 saturated carbocycles. The number of ether oxygens (including phenoxy) is 1. The Hall–Kier alpha value is -0.830. The largest absolute Gasteiger partial charge is 0.454 e. The molecule has 0 unspecified atom stereocenters. The standard InChI is InChI=1S/C7H9ClO3/c1-5(2)7(10)11-4-6(9)3-8/h1,3-4H2,2H3. The van der Waals surface area contributed by atoms with Crippen molar-refractivity contribution in [1.82, 2.24) is 0 Å². The Balaban J connectivity index is 3.63. The van der Waals surface area contributed by atoms with Crippen LogP contribution in [0, 0.1) is 0 Å². The van der Waals surface area contributed by atoms with Crippen molar-refractivity contribution in [3.8, 4) is 0 Å². The minimum Gasteiger partial charge on any atom is -0.454 e. The molecule has 0 aliphatic carbocycles. The minimum absolute atomic E-state index is 0.135. The lowest BCUT2D eigenvalue weighted by Crippen LogP contribution is -2.14. The van der Waals surface area contributed by atoms with Crippen molar-refractivity contribution >= 4 is 23.4 Å². The number of hydrogen-bond acceptors (Lipinski definition) is 3. The SMILES string of the molecule is C=C(C)C(=O)OCC(=O)CCl. The quantitative estimate of drug-likeness (QED) is 0.363. The van der Waals surface area contributed by atoms with E-state index >= 15 is 0 Å². The van der Waals surface area contributed by atoms with Gasteiger partial charge < -0.3 is 4.74 Å². The van der Waals surface area contributed by atoms with E-state index in [1.54, 1.807) is 0 Å². The molecular formula is C7H9ClO3. The summed E-state index contributed by atoms with van der Waals surface area (Å²) in [6.07, 6.45) is 0. The monoisotopic (exact) mass is 176 g/mol. The van der Waals surface area contributed by atoms with Crippen molar-refractivity contribution in [3.05, 3.63) is 12.2 Å². The lowest BCUT2D eigenvalue weighted by molar-refractivity contribution is -0.143. The average molecular weight is 177 g/mol. The van der Waals surface area contributed by atoms with Crippen LogP contribution in [0.2, 0.25) is 0 Å². The highest BCUT2D eigenvalue weighted by molar-refractivity contribution is 6.27. The normalized spacial score (nSPS) is 8.91. The van der Waals surface area contributed by atoms with Crippen LogP contribution in [0.25, 0.3) is 0 Å². The van der Waals surface area contributed by atoms with Crippen molar-refractivity contribution in [2.24, 2.45) is 0 Å². The summed E-state index contributed by atoms with van der Waals surface area (Å²) < 4.78 is 4.48. The zero-order chi connectivity index (χ0) is 8.85. The number of Topliss-reactive ketones (excluding diaryl/α,β-unsaturated/α-hetero) is 1. The second kappa shape index (κ2) is 4.91. The highest BCUT2D eigenvalue weighted by atomic mass is 35.5. The molecule has 0 amide bonds.